The van der Waals surface area contributed by atoms with Crippen molar-refractivity contribution in [3.05, 3.63) is 27.1 Å². The lowest BCUT2D eigenvalue weighted by Crippen LogP contribution is -2.31. The molecule has 0 heterocycles. The van der Waals surface area contributed by atoms with Gasteiger partial charge in [0, 0.05) is 11.0 Å². The number of amides is 1. The zero-order valence-electron chi connectivity index (χ0n) is 8.37. The van der Waals surface area contributed by atoms with Gasteiger partial charge >= 0.3 is 0 Å². The van der Waals surface area contributed by atoms with Crippen LogP contribution in [0.5, 0.6) is 5.75 Å². The maximum absolute atomic E-state index is 11.2. The molecule has 0 aliphatic rings. The molecule has 0 saturated carbocycles. The fourth-order valence-electron chi connectivity index (χ4n) is 0.982. The van der Waals surface area contributed by atoms with E-state index in [0.717, 1.165) is 8.95 Å². The second-order valence-electron chi connectivity index (χ2n) is 2.94. The minimum Gasteiger partial charge on any atom is -0.483 e. The Hall–Kier alpha value is -0.590. The van der Waals surface area contributed by atoms with Crippen LogP contribution in [-0.4, -0.2) is 30.8 Å². The third-order valence-electron chi connectivity index (χ3n) is 1.69. The predicted molar refractivity (Wildman–Crippen MR) is 67.4 cm³/mol. The van der Waals surface area contributed by atoms with Crippen LogP contribution in [0.15, 0.2) is 27.1 Å². The Kier molecular flexibility index (Phi) is 5.79. The van der Waals surface area contributed by atoms with Crippen molar-refractivity contribution in [2.24, 2.45) is 0 Å². The van der Waals surface area contributed by atoms with Gasteiger partial charge in [0.15, 0.2) is 6.61 Å². The van der Waals surface area contributed by atoms with E-state index >= 15 is 0 Å². The van der Waals surface area contributed by atoms with Crippen molar-refractivity contribution >= 4 is 37.8 Å². The molecule has 1 amide bonds. The van der Waals surface area contributed by atoms with Crippen molar-refractivity contribution in [2.75, 3.05) is 19.8 Å². The smallest absolute Gasteiger partial charge is 0.258 e. The summed E-state index contributed by atoms with van der Waals surface area (Å²) in [6.07, 6.45) is 0. The van der Waals surface area contributed by atoms with Crippen LogP contribution in [0.25, 0.3) is 0 Å². The monoisotopic (exact) mass is 351 g/mol. The Morgan fingerprint density at radius 3 is 2.81 bits per heavy atom. The number of carbonyl (C=O) groups is 1. The van der Waals surface area contributed by atoms with E-state index in [4.69, 9.17) is 9.84 Å². The minimum atomic E-state index is -0.260. The highest BCUT2D eigenvalue weighted by atomic mass is 79.9. The molecule has 0 unspecified atom stereocenters. The first kappa shape index (κ1) is 13.5. The van der Waals surface area contributed by atoms with Crippen LogP contribution < -0.4 is 10.1 Å². The molecule has 0 fully saturated rings. The summed E-state index contributed by atoms with van der Waals surface area (Å²) >= 11 is 6.64. The van der Waals surface area contributed by atoms with E-state index in [0.29, 0.717) is 5.75 Å². The summed E-state index contributed by atoms with van der Waals surface area (Å²) in [6.45, 7) is 0.0949. The average molecular weight is 353 g/mol. The van der Waals surface area contributed by atoms with E-state index in [2.05, 4.69) is 37.2 Å². The molecule has 16 heavy (non-hydrogen) atoms. The normalized spacial score (nSPS) is 9.94. The Balaban J connectivity index is 2.45. The van der Waals surface area contributed by atoms with Gasteiger partial charge in [-0.15, -0.1) is 0 Å². The van der Waals surface area contributed by atoms with E-state index in [9.17, 15) is 4.79 Å². The van der Waals surface area contributed by atoms with E-state index < -0.39 is 0 Å². The number of rotatable bonds is 5. The molecule has 6 heteroatoms. The summed E-state index contributed by atoms with van der Waals surface area (Å²) in [5, 5.41) is 11.0. The van der Waals surface area contributed by atoms with Gasteiger partial charge in [-0.25, -0.2) is 0 Å². The molecule has 0 aromatic heterocycles. The number of hydrogen-bond donors (Lipinski definition) is 2. The number of halogens is 2. The lowest BCUT2D eigenvalue weighted by molar-refractivity contribution is -0.123. The van der Waals surface area contributed by atoms with E-state index in [-0.39, 0.29) is 25.7 Å². The van der Waals surface area contributed by atoms with E-state index in [1.807, 2.05) is 12.1 Å². The van der Waals surface area contributed by atoms with Crippen molar-refractivity contribution in [3.8, 4) is 5.75 Å². The third-order valence-corrected chi connectivity index (χ3v) is 2.80. The van der Waals surface area contributed by atoms with Crippen molar-refractivity contribution in [1.29, 1.82) is 0 Å². The van der Waals surface area contributed by atoms with Crippen LogP contribution in [0.4, 0.5) is 0 Å². The lowest BCUT2D eigenvalue weighted by atomic mass is 10.3. The molecule has 0 aliphatic carbocycles. The largest absolute Gasteiger partial charge is 0.483 e. The molecule has 0 aliphatic heterocycles. The zero-order chi connectivity index (χ0) is 12.0. The molecule has 1 aromatic carbocycles. The van der Waals surface area contributed by atoms with Gasteiger partial charge in [-0.05, 0) is 34.1 Å². The summed E-state index contributed by atoms with van der Waals surface area (Å²) in [5.74, 6) is 0.339. The van der Waals surface area contributed by atoms with Crippen molar-refractivity contribution in [3.63, 3.8) is 0 Å². The highest BCUT2D eigenvalue weighted by Crippen LogP contribution is 2.27. The van der Waals surface area contributed by atoms with Crippen LogP contribution in [0.3, 0.4) is 0 Å². The number of benzene rings is 1. The molecule has 1 rings (SSSR count). The molecule has 0 bridgehead atoms. The van der Waals surface area contributed by atoms with Gasteiger partial charge in [-0.3, -0.25) is 4.79 Å². The first-order chi connectivity index (χ1) is 7.63. The van der Waals surface area contributed by atoms with Crippen molar-refractivity contribution in [2.45, 2.75) is 0 Å². The van der Waals surface area contributed by atoms with Crippen LogP contribution in [-0.2, 0) is 4.79 Å². The SMILES string of the molecule is O=C(COc1ccc(Br)cc1Br)NCCO. The van der Waals surface area contributed by atoms with Gasteiger partial charge in [0.05, 0.1) is 11.1 Å². The van der Waals surface area contributed by atoms with Crippen LogP contribution in [0.1, 0.15) is 0 Å². The maximum atomic E-state index is 11.2. The first-order valence-corrected chi connectivity index (χ1v) is 6.17. The highest BCUT2D eigenvalue weighted by Gasteiger charge is 2.05. The summed E-state index contributed by atoms with van der Waals surface area (Å²) in [4.78, 5) is 11.2. The van der Waals surface area contributed by atoms with Gasteiger partial charge in [0.25, 0.3) is 5.91 Å². The average Bonchev–Trinajstić information content (AvgIpc) is 2.25. The quantitative estimate of drug-likeness (QED) is 0.848. The van der Waals surface area contributed by atoms with E-state index in [1.165, 1.54) is 0 Å². The van der Waals surface area contributed by atoms with Crippen LogP contribution in [0, 0.1) is 0 Å². The molecule has 88 valence electrons. The zero-order valence-corrected chi connectivity index (χ0v) is 11.5. The third kappa shape index (κ3) is 4.51. The van der Waals surface area contributed by atoms with Gasteiger partial charge in [-0.2, -0.15) is 0 Å². The molecular weight excluding hydrogens is 342 g/mol. The number of aliphatic hydroxyl groups excluding tert-OH is 1. The molecule has 0 radical (unpaired) electrons. The predicted octanol–water partition coefficient (Wildman–Crippen LogP) is 1.70. The summed E-state index contributed by atoms with van der Waals surface area (Å²) in [6, 6.07) is 5.42. The number of ether oxygens (including phenoxy) is 1. The molecule has 0 spiro atoms. The first-order valence-electron chi connectivity index (χ1n) is 4.59. The Bertz CT molecular complexity index is 371. The molecule has 2 N–H and O–H groups in total. The number of aliphatic hydroxyl groups is 1. The lowest BCUT2D eigenvalue weighted by Gasteiger charge is -2.08. The van der Waals surface area contributed by atoms with Crippen LogP contribution in [0.2, 0.25) is 0 Å². The molecule has 1 aromatic rings. The number of nitrogens with one attached hydrogen (secondary N) is 1. The van der Waals surface area contributed by atoms with Crippen molar-refractivity contribution < 1.29 is 14.6 Å². The second-order valence-corrected chi connectivity index (χ2v) is 4.71. The summed E-state index contributed by atoms with van der Waals surface area (Å²) in [7, 11) is 0. The van der Waals surface area contributed by atoms with Crippen LogP contribution >= 0.6 is 31.9 Å². The number of hydrogen-bond acceptors (Lipinski definition) is 3. The Morgan fingerprint density at radius 2 is 2.19 bits per heavy atom. The fourth-order valence-corrected chi connectivity index (χ4v) is 2.14. The number of carbonyl (C=O) groups excluding carboxylic acids is 1. The van der Waals surface area contributed by atoms with Gasteiger partial charge in [0.2, 0.25) is 0 Å². The van der Waals surface area contributed by atoms with Crippen molar-refractivity contribution in [1.82, 2.24) is 5.32 Å². The Labute approximate surface area is 110 Å². The molecule has 4 nitrogen and oxygen atoms in total. The standard InChI is InChI=1S/C10H11Br2NO3/c11-7-1-2-9(8(12)5-7)16-6-10(15)13-3-4-14/h1-2,5,14H,3-4,6H2,(H,13,15). The summed E-state index contributed by atoms with van der Waals surface area (Å²) in [5.41, 5.74) is 0. The van der Waals surface area contributed by atoms with Gasteiger partial charge in [0.1, 0.15) is 5.75 Å². The summed E-state index contributed by atoms with van der Waals surface area (Å²) < 4.78 is 6.99. The second kappa shape index (κ2) is 6.88. The molecule has 0 atom stereocenters. The molecule has 0 saturated heterocycles. The van der Waals surface area contributed by atoms with Gasteiger partial charge < -0.3 is 15.2 Å². The minimum absolute atomic E-state index is 0.0692. The van der Waals surface area contributed by atoms with Gasteiger partial charge in [-0.1, -0.05) is 15.9 Å². The highest BCUT2D eigenvalue weighted by molar-refractivity contribution is 9.11. The van der Waals surface area contributed by atoms with E-state index in [1.54, 1.807) is 6.07 Å². The maximum Gasteiger partial charge on any atom is 0.258 e. The molecular formula is C10H11Br2NO3. The topological polar surface area (TPSA) is 58.6 Å². The Morgan fingerprint density at radius 1 is 1.44 bits per heavy atom. The fraction of sp³-hybridized carbons (Fsp3) is 0.300.